The summed E-state index contributed by atoms with van der Waals surface area (Å²) in [6, 6.07) is 12.2. The van der Waals surface area contributed by atoms with Crippen LogP contribution in [0.25, 0.3) is 6.08 Å². The molecule has 1 heterocycles. The molecule has 0 atom stereocenters. The Labute approximate surface area is 165 Å². The van der Waals surface area contributed by atoms with Gasteiger partial charge in [-0.15, -0.1) is 6.58 Å². The van der Waals surface area contributed by atoms with Gasteiger partial charge in [0.1, 0.15) is 15.9 Å². The predicted octanol–water partition coefficient (Wildman–Crippen LogP) is 4.43. The Bertz CT molecular complexity index is 971. The van der Waals surface area contributed by atoms with Crippen LogP contribution in [-0.2, 0) is 4.79 Å². The van der Waals surface area contributed by atoms with Crippen molar-refractivity contribution in [2.45, 2.75) is 0 Å². The van der Waals surface area contributed by atoms with Gasteiger partial charge in [0, 0.05) is 6.54 Å². The van der Waals surface area contributed by atoms with Gasteiger partial charge in [-0.25, -0.2) is 9.18 Å². The summed E-state index contributed by atoms with van der Waals surface area (Å²) >= 11 is 6.40. The van der Waals surface area contributed by atoms with Crippen LogP contribution in [0.4, 0.5) is 4.39 Å². The number of carbonyl (C=O) groups excluding carboxylic acids is 2. The number of amides is 1. The van der Waals surface area contributed by atoms with Crippen LogP contribution >= 0.6 is 24.0 Å². The summed E-state index contributed by atoms with van der Waals surface area (Å²) in [5, 5.41) is 0. The molecule has 0 aromatic heterocycles. The van der Waals surface area contributed by atoms with Crippen LogP contribution < -0.4 is 4.74 Å². The van der Waals surface area contributed by atoms with Crippen LogP contribution in [0.5, 0.6) is 5.75 Å². The normalized spacial score (nSPS) is 15.3. The lowest BCUT2D eigenvalue weighted by Gasteiger charge is -2.10. The predicted molar refractivity (Wildman–Crippen MR) is 108 cm³/mol. The first-order chi connectivity index (χ1) is 13.0. The summed E-state index contributed by atoms with van der Waals surface area (Å²) in [6.07, 6.45) is 3.28. The Balaban J connectivity index is 1.79. The number of thiocarbonyl (C=S) groups is 1. The van der Waals surface area contributed by atoms with Gasteiger partial charge in [0.15, 0.2) is 0 Å². The molecule has 0 saturated carbocycles. The van der Waals surface area contributed by atoms with Crippen molar-refractivity contribution in [2.75, 3.05) is 6.54 Å². The average Bonchev–Trinajstić information content (AvgIpc) is 2.90. The van der Waals surface area contributed by atoms with Crippen molar-refractivity contribution in [1.82, 2.24) is 4.90 Å². The highest BCUT2D eigenvalue weighted by Crippen LogP contribution is 2.32. The van der Waals surface area contributed by atoms with Gasteiger partial charge in [-0.1, -0.05) is 54.3 Å². The third-order valence-corrected chi connectivity index (χ3v) is 5.02. The van der Waals surface area contributed by atoms with Crippen LogP contribution in [0.2, 0.25) is 0 Å². The van der Waals surface area contributed by atoms with E-state index in [4.69, 9.17) is 17.0 Å². The van der Waals surface area contributed by atoms with Crippen molar-refractivity contribution < 1.29 is 18.7 Å². The van der Waals surface area contributed by atoms with Crippen molar-refractivity contribution >= 4 is 46.3 Å². The number of benzene rings is 2. The van der Waals surface area contributed by atoms with Gasteiger partial charge in [-0.3, -0.25) is 9.69 Å². The summed E-state index contributed by atoms with van der Waals surface area (Å²) in [5.74, 6) is -1.38. The first-order valence-corrected chi connectivity index (χ1v) is 9.15. The Kier molecular flexibility index (Phi) is 5.83. The van der Waals surface area contributed by atoms with Gasteiger partial charge in [-0.2, -0.15) is 0 Å². The molecule has 2 aromatic rings. The van der Waals surface area contributed by atoms with Crippen molar-refractivity contribution in [3.63, 3.8) is 0 Å². The molecule has 0 aliphatic carbocycles. The van der Waals surface area contributed by atoms with E-state index in [0.29, 0.717) is 21.3 Å². The highest BCUT2D eigenvalue weighted by Gasteiger charge is 2.30. The molecule has 136 valence electrons. The SMILES string of the molecule is C=CCN1C(=O)/C(=C/c2cccc(OC(=O)c3ccccc3F)c2)SC1=S. The number of nitrogens with zero attached hydrogens (tertiary/aromatic N) is 1. The summed E-state index contributed by atoms with van der Waals surface area (Å²) in [7, 11) is 0. The van der Waals surface area contributed by atoms with Gasteiger partial charge in [0.05, 0.1) is 10.5 Å². The van der Waals surface area contributed by atoms with Crippen LogP contribution in [0.1, 0.15) is 15.9 Å². The average molecular weight is 399 g/mol. The number of halogens is 1. The van der Waals surface area contributed by atoms with Crippen molar-refractivity contribution in [2.24, 2.45) is 0 Å². The number of ether oxygens (including phenoxy) is 1. The number of esters is 1. The second kappa shape index (κ2) is 8.28. The molecule has 1 aliphatic heterocycles. The minimum atomic E-state index is -0.789. The monoisotopic (exact) mass is 399 g/mol. The molecule has 0 spiro atoms. The fourth-order valence-electron chi connectivity index (χ4n) is 2.39. The quantitative estimate of drug-likeness (QED) is 0.245. The zero-order valence-electron chi connectivity index (χ0n) is 14.1. The molecule has 2 aromatic carbocycles. The lowest BCUT2D eigenvalue weighted by molar-refractivity contribution is -0.121. The summed E-state index contributed by atoms with van der Waals surface area (Å²) in [6.45, 7) is 3.96. The summed E-state index contributed by atoms with van der Waals surface area (Å²) in [5.41, 5.74) is 0.515. The van der Waals surface area contributed by atoms with Gasteiger partial charge < -0.3 is 4.74 Å². The Hall–Kier alpha value is -2.77. The van der Waals surface area contributed by atoms with E-state index in [0.717, 1.165) is 0 Å². The minimum Gasteiger partial charge on any atom is -0.423 e. The molecule has 0 bridgehead atoms. The molecule has 1 amide bonds. The van der Waals surface area contributed by atoms with E-state index in [1.165, 1.54) is 34.9 Å². The Morgan fingerprint density at radius 2 is 2.04 bits per heavy atom. The van der Waals surface area contributed by atoms with E-state index in [1.54, 1.807) is 42.5 Å². The van der Waals surface area contributed by atoms with Crippen molar-refractivity contribution in [3.05, 3.63) is 83.0 Å². The lowest BCUT2D eigenvalue weighted by Crippen LogP contribution is -2.27. The topological polar surface area (TPSA) is 46.6 Å². The van der Waals surface area contributed by atoms with E-state index in [1.807, 2.05) is 0 Å². The molecule has 1 saturated heterocycles. The maximum absolute atomic E-state index is 13.7. The number of hydrogen-bond donors (Lipinski definition) is 0. The van der Waals surface area contributed by atoms with E-state index >= 15 is 0 Å². The van der Waals surface area contributed by atoms with Crippen LogP contribution in [-0.4, -0.2) is 27.6 Å². The first kappa shape index (κ1) is 19.0. The molecule has 3 rings (SSSR count). The third kappa shape index (κ3) is 4.32. The zero-order chi connectivity index (χ0) is 19.4. The molecule has 1 fully saturated rings. The van der Waals surface area contributed by atoms with Gasteiger partial charge in [-0.05, 0) is 35.9 Å². The highest BCUT2D eigenvalue weighted by atomic mass is 32.2. The number of rotatable bonds is 5. The van der Waals surface area contributed by atoms with Crippen molar-refractivity contribution in [1.29, 1.82) is 0 Å². The third-order valence-electron chi connectivity index (χ3n) is 3.65. The van der Waals surface area contributed by atoms with Gasteiger partial charge in [0.2, 0.25) is 0 Å². The van der Waals surface area contributed by atoms with Crippen molar-refractivity contribution in [3.8, 4) is 5.75 Å². The van der Waals surface area contributed by atoms with E-state index in [-0.39, 0.29) is 17.2 Å². The van der Waals surface area contributed by atoms with Crippen LogP contribution in [0, 0.1) is 5.82 Å². The fraction of sp³-hybridized carbons (Fsp3) is 0.0500. The number of carbonyl (C=O) groups is 2. The summed E-state index contributed by atoms with van der Waals surface area (Å²) in [4.78, 5) is 26.4. The van der Waals surface area contributed by atoms with E-state index < -0.39 is 11.8 Å². The molecular formula is C20H14FNO3S2. The van der Waals surface area contributed by atoms with Crippen LogP contribution in [0.3, 0.4) is 0 Å². The molecular weight excluding hydrogens is 385 g/mol. The largest absolute Gasteiger partial charge is 0.423 e. The second-order valence-corrected chi connectivity index (χ2v) is 7.20. The molecule has 1 aliphatic rings. The minimum absolute atomic E-state index is 0.145. The molecule has 0 N–H and O–H groups in total. The molecule has 7 heteroatoms. The number of thioether (sulfide) groups is 1. The molecule has 0 unspecified atom stereocenters. The van der Waals surface area contributed by atoms with Gasteiger partial charge >= 0.3 is 5.97 Å². The second-order valence-electron chi connectivity index (χ2n) is 5.52. The Morgan fingerprint density at radius 3 is 2.78 bits per heavy atom. The number of hydrogen-bond acceptors (Lipinski definition) is 5. The Morgan fingerprint density at radius 1 is 1.26 bits per heavy atom. The van der Waals surface area contributed by atoms with Gasteiger partial charge in [0.25, 0.3) is 5.91 Å². The standard InChI is InChI=1S/C20H14FNO3S2/c1-2-10-22-18(23)17(27-20(22)26)12-13-6-5-7-14(11-13)25-19(24)15-8-3-4-9-16(15)21/h2-9,11-12H,1,10H2/b17-12-. The smallest absolute Gasteiger partial charge is 0.346 e. The van der Waals surface area contributed by atoms with E-state index in [2.05, 4.69) is 6.58 Å². The molecule has 27 heavy (non-hydrogen) atoms. The van der Waals surface area contributed by atoms with E-state index in [9.17, 15) is 14.0 Å². The highest BCUT2D eigenvalue weighted by molar-refractivity contribution is 8.26. The fourth-order valence-corrected chi connectivity index (χ4v) is 3.67. The zero-order valence-corrected chi connectivity index (χ0v) is 15.7. The maximum atomic E-state index is 13.7. The first-order valence-electron chi connectivity index (χ1n) is 7.92. The van der Waals surface area contributed by atoms with Crippen LogP contribution in [0.15, 0.2) is 66.1 Å². The molecule has 0 radical (unpaired) electrons. The lowest BCUT2D eigenvalue weighted by atomic mass is 10.2. The summed E-state index contributed by atoms with van der Waals surface area (Å²) < 4.78 is 19.4. The molecule has 4 nitrogen and oxygen atoms in total. The maximum Gasteiger partial charge on any atom is 0.346 e.